The maximum Gasteiger partial charge on any atom is 0.241 e. The number of carbonyl (C=O) groups excluding carboxylic acids is 2. The van der Waals surface area contributed by atoms with Crippen molar-refractivity contribution >= 4 is 27.5 Å². The van der Waals surface area contributed by atoms with Crippen molar-refractivity contribution in [1.82, 2.24) is 9.62 Å². The zero-order valence-electron chi connectivity index (χ0n) is 19.0. The van der Waals surface area contributed by atoms with Gasteiger partial charge in [-0.25, -0.2) is 8.42 Å². The van der Waals surface area contributed by atoms with Crippen LogP contribution in [0, 0.1) is 5.92 Å². The van der Waals surface area contributed by atoms with Gasteiger partial charge in [-0.05, 0) is 48.1 Å². The van der Waals surface area contributed by atoms with E-state index in [-0.39, 0.29) is 22.6 Å². The quantitative estimate of drug-likeness (QED) is 0.660. The van der Waals surface area contributed by atoms with E-state index in [2.05, 4.69) is 4.72 Å². The molecule has 7 nitrogen and oxygen atoms in total. The predicted octanol–water partition coefficient (Wildman–Crippen LogP) is 2.95. The monoisotopic (exact) mass is 457 g/mol. The van der Waals surface area contributed by atoms with Crippen LogP contribution in [0.4, 0.5) is 5.69 Å². The summed E-state index contributed by atoms with van der Waals surface area (Å²) in [5.41, 5.74) is 2.54. The fourth-order valence-electron chi connectivity index (χ4n) is 4.00. The van der Waals surface area contributed by atoms with Crippen LogP contribution in [0.15, 0.2) is 53.4 Å². The van der Waals surface area contributed by atoms with Crippen molar-refractivity contribution in [3.05, 3.63) is 59.7 Å². The second kappa shape index (κ2) is 9.83. The van der Waals surface area contributed by atoms with Gasteiger partial charge in [0.1, 0.15) is 6.04 Å². The minimum atomic E-state index is -3.92. The van der Waals surface area contributed by atoms with Crippen LogP contribution in [0.25, 0.3) is 0 Å². The molecule has 0 aromatic heterocycles. The second-order valence-corrected chi connectivity index (χ2v) is 10.4. The zero-order chi connectivity index (χ0) is 23.5. The van der Waals surface area contributed by atoms with E-state index in [9.17, 15) is 18.0 Å². The van der Waals surface area contributed by atoms with E-state index in [1.54, 1.807) is 29.0 Å². The molecule has 1 aliphatic rings. The number of rotatable bonds is 8. The van der Waals surface area contributed by atoms with Gasteiger partial charge in [-0.1, -0.05) is 44.2 Å². The molecule has 32 heavy (non-hydrogen) atoms. The largest absolute Gasteiger partial charge is 0.340 e. The molecule has 1 aliphatic heterocycles. The van der Waals surface area contributed by atoms with Crippen molar-refractivity contribution in [2.45, 2.75) is 51.1 Å². The first-order chi connectivity index (χ1) is 15.1. The third kappa shape index (κ3) is 5.55. The van der Waals surface area contributed by atoms with Crippen molar-refractivity contribution in [2.24, 2.45) is 5.92 Å². The molecular weight excluding hydrogens is 426 g/mol. The van der Waals surface area contributed by atoms with Gasteiger partial charge in [0, 0.05) is 32.7 Å². The molecule has 0 spiro atoms. The van der Waals surface area contributed by atoms with E-state index in [4.69, 9.17) is 0 Å². The molecule has 3 rings (SSSR count). The number of amides is 2. The Morgan fingerprint density at radius 1 is 1.12 bits per heavy atom. The average molecular weight is 458 g/mol. The smallest absolute Gasteiger partial charge is 0.241 e. The zero-order valence-corrected chi connectivity index (χ0v) is 19.9. The van der Waals surface area contributed by atoms with Gasteiger partial charge in [0.05, 0.1) is 4.90 Å². The number of benzene rings is 2. The minimum Gasteiger partial charge on any atom is -0.340 e. The highest BCUT2D eigenvalue weighted by atomic mass is 32.2. The fraction of sp³-hybridized carbons (Fsp3) is 0.417. The highest BCUT2D eigenvalue weighted by Gasteiger charge is 2.30. The molecule has 1 heterocycles. The molecule has 0 fully saturated rings. The van der Waals surface area contributed by atoms with Gasteiger partial charge in [0.15, 0.2) is 0 Å². The van der Waals surface area contributed by atoms with E-state index in [0.29, 0.717) is 25.9 Å². The molecular formula is C24H31N3O4S. The van der Waals surface area contributed by atoms with Gasteiger partial charge in [-0.3, -0.25) is 9.59 Å². The summed E-state index contributed by atoms with van der Waals surface area (Å²) < 4.78 is 29.0. The molecule has 1 unspecified atom stereocenters. The van der Waals surface area contributed by atoms with Crippen LogP contribution in [-0.4, -0.2) is 44.8 Å². The van der Waals surface area contributed by atoms with Gasteiger partial charge in [0.2, 0.25) is 21.8 Å². The third-order valence-corrected chi connectivity index (χ3v) is 7.05. The lowest BCUT2D eigenvalue weighted by atomic mass is 10.0. The van der Waals surface area contributed by atoms with Crippen molar-refractivity contribution < 1.29 is 18.0 Å². The van der Waals surface area contributed by atoms with E-state index >= 15 is 0 Å². The number of hydrogen-bond acceptors (Lipinski definition) is 4. The Morgan fingerprint density at radius 3 is 2.44 bits per heavy atom. The minimum absolute atomic E-state index is 0.0680. The van der Waals surface area contributed by atoms with Crippen LogP contribution >= 0.6 is 0 Å². The number of anilines is 1. The standard InChI is InChI=1S/C24H31N3O4S/c1-17(2)14-22(24(29)26(4)16-19-8-6-5-7-9-19)25-32(30,31)21-10-11-23-20(15-21)12-13-27(23)18(3)28/h5-11,15,17,22,25H,12-14,16H2,1-4H3. The Labute approximate surface area is 190 Å². The number of carbonyl (C=O) groups is 2. The lowest BCUT2D eigenvalue weighted by Gasteiger charge is -2.26. The van der Waals surface area contributed by atoms with Crippen LogP contribution in [-0.2, 0) is 32.6 Å². The Hall–Kier alpha value is -2.71. The summed E-state index contributed by atoms with van der Waals surface area (Å²) in [5.74, 6) is -0.211. The third-order valence-electron chi connectivity index (χ3n) is 5.58. The Kier molecular flexibility index (Phi) is 7.36. The maximum atomic E-state index is 13.2. The van der Waals surface area contributed by atoms with Crippen LogP contribution in [0.2, 0.25) is 0 Å². The summed E-state index contributed by atoms with van der Waals surface area (Å²) in [5, 5.41) is 0. The summed E-state index contributed by atoms with van der Waals surface area (Å²) in [6.45, 7) is 6.35. The lowest BCUT2D eigenvalue weighted by molar-refractivity contribution is -0.132. The molecule has 0 aliphatic carbocycles. The summed E-state index contributed by atoms with van der Waals surface area (Å²) in [6.07, 6.45) is 0.993. The number of nitrogens with zero attached hydrogens (tertiary/aromatic N) is 2. The Balaban J connectivity index is 1.80. The molecule has 0 bridgehead atoms. The summed E-state index contributed by atoms with van der Waals surface area (Å²) >= 11 is 0. The van der Waals surface area contributed by atoms with Crippen LogP contribution in [0.5, 0.6) is 0 Å². The number of fused-ring (bicyclic) bond motifs is 1. The van der Waals surface area contributed by atoms with Crippen molar-refractivity contribution in [1.29, 1.82) is 0 Å². The molecule has 8 heteroatoms. The van der Waals surface area contributed by atoms with Gasteiger partial charge in [-0.2, -0.15) is 4.72 Å². The lowest BCUT2D eigenvalue weighted by Crippen LogP contribution is -2.47. The van der Waals surface area contributed by atoms with Crippen LogP contribution in [0.3, 0.4) is 0 Å². The number of nitrogens with one attached hydrogen (secondary N) is 1. The highest BCUT2D eigenvalue weighted by molar-refractivity contribution is 7.89. The predicted molar refractivity (Wildman–Crippen MR) is 125 cm³/mol. The van der Waals surface area contributed by atoms with Gasteiger partial charge >= 0.3 is 0 Å². The van der Waals surface area contributed by atoms with Gasteiger partial charge in [0.25, 0.3) is 0 Å². The highest BCUT2D eigenvalue weighted by Crippen LogP contribution is 2.30. The van der Waals surface area contributed by atoms with Crippen molar-refractivity contribution in [2.75, 3.05) is 18.5 Å². The summed E-state index contributed by atoms with van der Waals surface area (Å²) in [7, 11) is -2.23. The molecule has 0 radical (unpaired) electrons. The summed E-state index contributed by atoms with van der Waals surface area (Å²) in [4.78, 5) is 28.2. The van der Waals surface area contributed by atoms with Crippen molar-refractivity contribution in [3.8, 4) is 0 Å². The van der Waals surface area contributed by atoms with E-state index in [1.807, 2.05) is 44.2 Å². The first kappa shape index (κ1) is 23.9. The van der Waals surface area contributed by atoms with E-state index in [1.165, 1.54) is 13.0 Å². The number of likely N-dealkylation sites (N-methyl/N-ethyl adjacent to an activating group) is 1. The first-order valence-electron chi connectivity index (χ1n) is 10.8. The van der Waals surface area contributed by atoms with Crippen molar-refractivity contribution in [3.63, 3.8) is 0 Å². The summed E-state index contributed by atoms with van der Waals surface area (Å²) in [6, 6.07) is 13.5. The molecule has 2 aromatic rings. The molecule has 172 valence electrons. The molecule has 0 saturated carbocycles. The van der Waals surface area contributed by atoms with E-state index < -0.39 is 16.1 Å². The Bertz CT molecular complexity index is 1080. The van der Waals surface area contributed by atoms with Gasteiger partial charge in [-0.15, -0.1) is 0 Å². The molecule has 1 N–H and O–H groups in total. The molecule has 2 amide bonds. The topological polar surface area (TPSA) is 86.8 Å². The average Bonchev–Trinajstić information content (AvgIpc) is 3.16. The molecule has 0 saturated heterocycles. The number of hydrogen-bond donors (Lipinski definition) is 1. The second-order valence-electron chi connectivity index (χ2n) is 8.69. The van der Waals surface area contributed by atoms with Gasteiger partial charge < -0.3 is 9.80 Å². The molecule has 1 atom stereocenters. The van der Waals surface area contributed by atoms with Crippen LogP contribution < -0.4 is 9.62 Å². The van der Waals surface area contributed by atoms with Crippen LogP contribution in [0.1, 0.15) is 38.3 Å². The number of sulfonamides is 1. The van der Waals surface area contributed by atoms with E-state index in [0.717, 1.165) is 16.8 Å². The normalized spacial score (nSPS) is 14.3. The Morgan fingerprint density at radius 2 is 1.81 bits per heavy atom. The fourth-order valence-corrected chi connectivity index (χ4v) is 5.25. The maximum absolute atomic E-state index is 13.2. The molecule has 2 aromatic carbocycles. The SMILES string of the molecule is CC(=O)N1CCc2cc(S(=O)(=O)NC(CC(C)C)C(=O)N(C)Cc3ccccc3)ccc21. The first-order valence-corrected chi connectivity index (χ1v) is 12.3.